The normalized spacial score (nSPS) is 10.5. The van der Waals surface area contributed by atoms with E-state index >= 15 is 0 Å². The molecule has 0 aromatic carbocycles. The third-order valence-electron chi connectivity index (χ3n) is 1.46. The highest BCUT2D eigenvalue weighted by molar-refractivity contribution is 5.57. The van der Waals surface area contributed by atoms with Gasteiger partial charge >= 0.3 is 0 Å². The molecule has 14 heavy (non-hydrogen) atoms. The standard InChI is InChI=1S/C8H14N4O2/c1-4(2)3-14-7-5(9)6(13)11-8(10)12-7/h4H,3,9H2,1-2H3,(H3,10,11,12,13). The molecule has 0 spiro atoms. The van der Waals surface area contributed by atoms with Crippen molar-refractivity contribution in [3.05, 3.63) is 0 Å². The number of ether oxygens (including phenoxy) is 1. The first-order chi connectivity index (χ1) is 6.50. The van der Waals surface area contributed by atoms with Gasteiger partial charge in [0, 0.05) is 0 Å². The van der Waals surface area contributed by atoms with Crippen LogP contribution in [0.4, 0.5) is 11.6 Å². The Labute approximate surface area is 81.9 Å². The molecule has 0 amide bonds. The summed E-state index contributed by atoms with van der Waals surface area (Å²) in [5, 5.41) is 9.21. The highest BCUT2D eigenvalue weighted by atomic mass is 16.5. The summed E-state index contributed by atoms with van der Waals surface area (Å²) < 4.78 is 5.24. The van der Waals surface area contributed by atoms with Gasteiger partial charge in [-0.15, -0.1) is 0 Å². The number of aromatic hydroxyl groups is 1. The van der Waals surface area contributed by atoms with E-state index in [0.717, 1.165) is 0 Å². The zero-order chi connectivity index (χ0) is 10.7. The first kappa shape index (κ1) is 10.4. The zero-order valence-corrected chi connectivity index (χ0v) is 8.19. The second-order valence-electron chi connectivity index (χ2n) is 3.33. The monoisotopic (exact) mass is 198 g/mol. The van der Waals surface area contributed by atoms with Gasteiger partial charge in [0.2, 0.25) is 17.7 Å². The molecule has 0 aliphatic heterocycles. The fraction of sp³-hybridized carbons (Fsp3) is 0.500. The fourth-order valence-corrected chi connectivity index (χ4v) is 0.809. The number of nitrogen functional groups attached to an aromatic ring is 2. The van der Waals surface area contributed by atoms with Crippen molar-refractivity contribution in [2.45, 2.75) is 13.8 Å². The topological polar surface area (TPSA) is 107 Å². The molecule has 0 saturated carbocycles. The van der Waals surface area contributed by atoms with Gasteiger partial charge in [-0.2, -0.15) is 9.97 Å². The first-order valence-electron chi connectivity index (χ1n) is 4.25. The molecule has 0 bridgehead atoms. The van der Waals surface area contributed by atoms with Gasteiger partial charge in [-0.1, -0.05) is 13.8 Å². The molecular weight excluding hydrogens is 184 g/mol. The van der Waals surface area contributed by atoms with Gasteiger partial charge < -0.3 is 21.3 Å². The van der Waals surface area contributed by atoms with E-state index in [-0.39, 0.29) is 23.4 Å². The van der Waals surface area contributed by atoms with Gasteiger partial charge in [0.1, 0.15) is 0 Å². The summed E-state index contributed by atoms with van der Waals surface area (Å²) in [5.41, 5.74) is 10.8. The Morgan fingerprint density at radius 2 is 2.00 bits per heavy atom. The largest absolute Gasteiger partial charge is 0.492 e. The van der Waals surface area contributed by atoms with E-state index in [2.05, 4.69) is 9.97 Å². The molecule has 0 aliphatic rings. The Kier molecular flexibility index (Phi) is 2.95. The number of hydrogen-bond donors (Lipinski definition) is 3. The average Bonchev–Trinajstić information content (AvgIpc) is 2.08. The molecule has 0 saturated heterocycles. The van der Waals surface area contributed by atoms with Crippen molar-refractivity contribution in [1.82, 2.24) is 9.97 Å². The summed E-state index contributed by atoms with van der Waals surface area (Å²) >= 11 is 0. The Hall–Kier alpha value is -1.72. The van der Waals surface area contributed by atoms with Crippen LogP contribution < -0.4 is 16.2 Å². The van der Waals surface area contributed by atoms with E-state index in [9.17, 15) is 5.11 Å². The molecule has 1 aromatic heterocycles. The van der Waals surface area contributed by atoms with Gasteiger partial charge in [0.25, 0.3) is 0 Å². The van der Waals surface area contributed by atoms with Crippen molar-refractivity contribution in [2.24, 2.45) is 5.92 Å². The summed E-state index contributed by atoms with van der Waals surface area (Å²) in [5.74, 6) is 0.0585. The summed E-state index contributed by atoms with van der Waals surface area (Å²) in [6.07, 6.45) is 0. The average molecular weight is 198 g/mol. The van der Waals surface area contributed by atoms with E-state index < -0.39 is 0 Å². The van der Waals surface area contributed by atoms with Crippen molar-refractivity contribution in [3.8, 4) is 11.8 Å². The van der Waals surface area contributed by atoms with E-state index in [1.165, 1.54) is 0 Å². The zero-order valence-electron chi connectivity index (χ0n) is 8.19. The number of hydrogen-bond acceptors (Lipinski definition) is 6. The maximum Gasteiger partial charge on any atom is 0.246 e. The van der Waals surface area contributed by atoms with Crippen LogP contribution in [0.15, 0.2) is 0 Å². The molecule has 6 nitrogen and oxygen atoms in total. The third kappa shape index (κ3) is 2.38. The van der Waals surface area contributed by atoms with Gasteiger partial charge in [0.15, 0.2) is 5.69 Å². The highest BCUT2D eigenvalue weighted by Crippen LogP contribution is 2.27. The molecule has 1 aromatic rings. The predicted octanol–water partition coefficient (Wildman–Crippen LogP) is 0.381. The van der Waals surface area contributed by atoms with Crippen molar-refractivity contribution >= 4 is 11.6 Å². The van der Waals surface area contributed by atoms with Crippen LogP contribution >= 0.6 is 0 Å². The first-order valence-corrected chi connectivity index (χ1v) is 4.25. The van der Waals surface area contributed by atoms with Gasteiger partial charge in [-0.05, 0) is 5.92 Å². The van der Waals surface area contributed by atoms with Crippen LogP contribution in [0.2, 0.25) is 0 Å². The Morgan fingerprint density at radius 3 is 2.57 bits per heavy atom. The number of nitrogens with zero attached hydrogens (tertiary/aromatic N) is 2. The fourth-order valence-electron chi connectivity index (χ4n) is 0.809. The van der Waals surface area contributed by atoms with E-state index in [1.54, 1.807) is 0 Å². The van der Waals surface area contributed by atoms with Crippen molar-refractivity contribution in [3.63, 3.8) is 0 Å². The van der Waals surface area contributed by atoms with Gasteiger partial charge in [-0.3, -0.25) is 0 Å². The van der Waals surface area contributed by atoms with Crippen LogP contribution in [-0.2, 0) is 0 Å². The van der Waals surface area contributed by atoms with Crippen LogP contribution in [0.1, 0.15) is 13.8 Å². The number of rotatable bonds is 3. The smallest absolute Gasteiger partial charge is 0.246 e. The minimum atomic E-state index is -0.351. The lowest BCUT2D eigenvalue weighted by molar-refractivity contribution is 0.261. The molecule has 0 unspecified atom stereocenters. The molecule has 1 heterocycles. The third-order valence-corrected chi connectivity index (χ3v) is 1.46. The maximum atomic E-state index is 9.21. The van der Waals surface area contributed by atoms with Gasteiger partial charge in [0.05, 0.1) is 6.61 Å². The van der Waals surface area contributed by atoms with Crippen LogP contribution in [-0.4, -0.2) is 21.7 Å². The minimum absolute atomic E-state index is 0.0138. The van der Waals surface area contributed by atoms with Crippen LogP contribution in [0.5, 0.6) is 11.8 Å². The summed E-state index contributed by atoms with van der Waals surface area (Å²) in [7, 11) is 0. The molecule has 0 fully saturated rings. The van der Waals surface area contributed by atoms with Crippen LogP contribution in [0, 0.1) is 5.92 Å². The lowest BCUT2D eigenvalue weighted by Crippen LogP contribution is -2.09. The number of aromatic nitrogens is 2. The van der Waals surface area contributed by atoms with E-state index in [0.29, 0.717) is 12.5 Å². The van der Waals surface area contributed by atoms with Crippen molar-refractivity contribution < 1.29 is 9.84 Å². The molecule has 0 radical (unpaired) electrons. The van der Waals surface area contributed by atoms with Gasteiger partial charge in [-0.25, -0.2) is 0 Å². The Bertz CT molecular complexity index is 327. The Balaban J connectivity index is 2.85. The molecule has 78 valence electrons. The molecule has 6 heteroatoms. The van der Waals surface area contributed by atoms with Crippen LogP contribution in [0.3, 0.4) is 0 Å². The second-order valence-corrected chi connectivity index (χ2v) is 3.33. The highest BCUT2D eigenvalue weighted by Gasteiger charge is 2.10. The van der Waals surface area contributed by atoms with Crippen LogP contribution in [0.25, 0.3) is 0 Å². The SMILES string of the molecule is CC(C)COc1nc(N)nc(O)c1N. The predicted molar refractivity (Wildman–Crippen MR) is 52.9 cm³/mol. The summed E-state index contributed by atoms with van der Waals surface area (Å²) in [4.78, 5) is 7.24. The summed E-state index contributed by atoms with van der Waals surface area (Å²) in [6, 6.07) is 0. The molecular formula is C8H14N4O2. The number of anilines is 2. The number of nitrogens with two attached hydrogens (primary N) is 2. The minimum Gasteiger partial charge on any atom is -0.492 e. The van der Waals surface area contributed by atoms with Crippen molar-refractivity contribution in [2.75, 3.05) is 18.1 Å². The Morgan fingerprint density at radius 1 is 1.36 bits per heavy atom. The quantitative estimate of drug-likeness (QED) is 0.648. The maximum absolute atomic E-state index is 9.21. The lowest BCUT2D eigenvalue weighted by atomic mass is 10.2. The molecule has 0 aliphatic carbocycles. The molecule has 5 N–H and O–H groups in total. The van der Waals surface area contributed by atoms with E-state index in [4.69, 9.17) is 16.2 Å². The molecule has 0 atom stereocenters. The summed E-state index contributed by atoms with van der Waals surface area (Å²) in [6.45, 7) is 4.43. The van der Waals surface area contributed by atoms with Crippen molar-refractivity contribution in [1.29, 1.82) is 0 Å². The molecule has 1 rings (SSSR count). The second kappa shape index (κ2) is 3.99. The van der Waals surface area contributed by atoms with E-state index in [1.807, 2.05) is 13.8 Å². The lowest BCUT2D eigenvalue weighted by Gasteiger charge is -2.10.